The monoisotopic (exact) mass is 416 g/mol. The summed E-state index contributed by atoms with van der Waals surface area (Å²) in [5.74, 6) is 0.368. The first kappa shape index (κ1) is 21.8. The Morgan fingerprint density at radius 3 is 2.55 bits per heavy atom. The fraction of sp³-hybridized carbons (Fsp3) is 0.565. The van der Waals surface area contributed by atoms with Crippen LogP contribution < -0.4 is 5.73 Å². The van der Waals surface area contributed by atoms with Crippen molar-refractivity contribution >= 4 is 38.2 Å². The van der Waals surface area contributed by atoms with Crippen LogP contribution in [0.5, 0.6) is 0 Å². The van der Waals surface area contributed by atoms with Gasteiger partial charge < -0.3 is 15.4 Å². The maximum Gasteiger partial charge on any atom is 0.305 e. The van der Waals surface area contributed by atoms with E-state index in [9.17, 15) is 9.59 Å². The van der Waals surface area contributed by atoms with Gasteiger partial charge in [-0.15, -0.1) is 11.3 Å². The summed E-state index contributed by atoms with van der Waals surface area (Å²) < 4.78 is 5.80. The van der Waals surface area contributed by atoms with Crippen molar-refractivity contribution in [1.82, 2.24) is 4.90 Å². The molecule has 1 aliphatic rings. The lowest BCUT2D eigenvalue weighted by atomic mass is 9.87. The summed E-state index contributed by atoms with van der Waals surface area (Å²) in [5, 5.41) is 2.04. The zero-order valence-electron chi connectivity index (χ0n) is 17.7. The summed E-state index contributed by atoms with van der Waals surface area (Å²) >= 11 is 1.63. The number of ketones is 1. The molecule has 0 spiro atoms. The number of esters is 1. The van der Waals surface area contributed by atoms with E-state index in [2.05, 4.69) is 23.5 Å². The number of methoxy groups -OCH3 is 1. The zero-order valence-corrected chi connectivity index (χ0v) is 18.5. The maximum absolute atomic E-state index is 12.7. The van der Waals surface area contributed by atoms with Crippen LogP contribution in [0, 0.1) is 0 Å². The standard InChI is InChI=1S/C23H32N2O3S/c1-15(2)25-12-10-16(11-13-25)22-18-14-17(8-9-20(18)29-23(22)24)19(26)6-4-5-7-21(27)28-3/h8-9,14-16H,4-7,10-13,24H2,1-3H3. The van der Waals surface area contributed by atoms with Crippen LogP contribution in [-0.4, -0.2) is 42.9 Å². The molecule has 2 heterocycles. The molecule has 1 saturated heterocycles. The number of carbonyl (C=O) groups is 2. The van der Waals surface area contributed by atoms with Crippen molar-refractivity contribution in [2.75, 3.05) is 25.9 Å². The van der Waals surface area contributed by atoms with Crippen molar-refractivity contribution in [3.63, 3.8) is 0 Å². The minimum Gasteiger partial charge on any atom is -0.469 e. The molecule has 0 bridgehead atoms. The molecule has 0 aliphatic carbocycles. The van der Waals surface area contributed by atoms with Gasteiger partial charge in [0, 0.05) is 29.1 Å². The predicted octanol–water partition coefficient (Wildman–Crippen LogP) is 4.99. The number of rotatable bonds is 8. The number of anilines is 1. The van der Waals surface area contributed by atoms with E-state index in [-0.39, 0.29) is 11.8 Å². The lowest BCUT2D eigenvalue weighted by molar-refractivity contribution is -0.140. The van der Waals surface area contributed by atoms with Crippen LogP contribution in [0.2, 0.25) is 0 Å². The van der Waals surface area contributed by atoms with Crippen molar-refractivity contribution in [3.05, 3.63) is 29.3 Å². The normalized spacial score (nSPS) is 15.9. The van der Waals surface area contributed by atoms with Crippen molar-refractivity contribution in [3.8, 4) is 0 Å². The molecule has 0 unspecified atom stereocenters. The molecule has 0 atom stereocenters. The highest BCUT2D eigenvalue weighted by atomic mass is 32.1. The molecule has 0 saturated carbocycles. The molecule has 2 N–H and O–H groups in total. The molecule has 158 valence electrons. The number of unbranched alkanes of at least 4 members (excludes halogenated alkanes) is 1. The highest BCUT2D eigenvalue weighted by molar-refractivity contribution is 7.22. The van der Waals surface area contributed by atoms with Gasteiger partial charge in [0.1, 0.15) is 0 Å². The molecular weight excluding hydrogens is 384 g/mol. The first-order valence-corrected chi connectivity index (χ1v) is 11.4. The molecule has 3 rings (SSSR count). The third-order valence-electron chi connectivity index (χ3n) is 6.01. The van der Waals surface area contributed by atoms with Gasteiger partial charge in [-0.25, -0.2) is 0 Å². The molecular formula is C23H32N2O3S. The Bertz CT molecular complexity index is 866. The van der Waals surface area contributed by atoms with Crippen LogP contribution in [0.4, 0.5) is 5.00 Å². The number of Topliss-reactive ketones (excluding diaryl/α,β-unsaturated/α-hetero) is 1. The molecule has 6 heteroatoms. The number of nitrogens with zero attached hydrogens (tertiary/aromatic N) is 1. The van der Waals surface area contributed by atoms with Gasteiger partial charge in [-0.1, -0.05) is 0 Å². The van der Waals surface area contributed by atoms with E-state index in [4.69, 9.17) is 5.73 Å². The van der Waals surface area contributed by atoms with E-state index in [0.717, 1.165) is 46.6 Å². The van der Waals surface area contributed by atoms with Crippen LogP contribution in [0.25, 0.3) is 10.1 Å². The van der Waals surface area contributed by atoms with E-state index in [1.807, 2.05) is 18.2 Å². The average molecular weight is 417 g/mol. The van der Waals surface area contributed by atoms with E-state index in [1.54, 1.807) is 11.3 Å². The lowest BCUT2D eigenvalue weighted by Gasteiger charge is -2.34. The third kappa shape index (κ3) is 5.17. The van der Waals surface area contributed by atoms with Gasteiger partial charge >= 0.3 is 5.97 Å². The fourth-order valence-corrected chi connectivity index (χ4v) is 5.27. The summed E-state index contributed by atoms with van der Waals surface area (Å²) in [6, 6.07) is 6.56. The Morgan fingerprint density at radius 1 is 1.21 bits per heavy atom. The molecule has 1 fully saturated rings. The average Bonchev–Trinajstić information content (AvgIpc) is 3.05. The highest BCUT2D eigenvalue weighted by Crippen LogP contribution is 2.42. The lowest BCUT2D eigenvalue weighted by Crippen LogP contribution is -2.37. The second-order valence-corrected chi connectivity index (χ2v) is 9.29. The number of thiophene rings is 1. The number of carbonyl (C=O) groups excluding carboxylic acids is 2. The molecule has 0 amide bonds. The SMILES string of the molecule is COC(=O)CCCCC(=O)c1ccc2sc(N)c(C3CCN(C(C)C)CC3)c2c1. The Morgan fingerprint density at radius 2 is 1.90 bits per heavy atom. The summed E-state index contributed by atoms with van der Waals surface area (Å²) in [7, 11) is 1.39. The number of hydrogen-bond donors (Lipinski definition) is 1. The Balaban J connectivity index is 1.71. The van der Waals surface area contributed by atoms with Gasteiger partial charge in [0.2, 0.25) is 0 Å². The van der Waals surface area contributed by atoms with E-state index < -0.39 is 0 Å². The number of hydrogen-bond acceptors (Lipinski definition) is 6. The number of piperidine rings is 1. The highest BCUT2D eigenvalue weighted by Gasteiger charge is 2.26. The Hall–Kier alpha value is -1.92. The predicted molar refractivity (Wildman–Crippen MR) is 120 cm³/mol. The summed E-state index contributed by atoms with van der Waals surface area (Å²) in [6.07, 6.45) is 4.40. The zero-order chi connectivity index (χ0) is 21.0. The minimum atomic E-state index is -0.222. The molecule has 1 aromatic carbocycles. The van der Waals surface area contributed by atoms with E-state index in [1.165, 1.54) is 12.7 Å². The summed E-state index contributed by atoms with van der Waals surface area (Å²) in [5.41, 5.74) is 8.41. The van der Waals surface area contributed by atoms with Crippen molar-refractivity contribution in [1.29, 1.82) is 0 Å². The number of likely N-dealkylation sites (tertiary alicyclic amines) is 1. The van der Waals surface area contributed by atoms with Gasteiger partial charge in [-0.3, -0.25) is 9.59 Å². The second-order valence-electron chi connectivity index (χ2n) is 8.20. The van der Waals surface area contributed by atoms with Gasteiger partial charge in [-0.05, 0) is 87.7 Å². The smallest absolute Gasteiger partial charge is 0.305 e. The number of ether oxygens (including phenoxy) is 1. The fourth-order valence-electron chi connectivity index (χ4n) is 4.24. The van der Waals surface area contributed by atoms with E-state index in [0.29, 0.717) is 37.6 Å². The molecule has 29 heavy (non-hydrogen) atoms. The quantitative estimate of drug-likeness (QED) is 0.373. The number of nitrogen functional groups attached to an aromatic ring is 1. The van der Waals surface area contributed by atoms with Crippen LogP contribution in [-0.2, 0) is 9.53 Å². The summed E-state index contributed by atoms with van der Waals surface area (Å²) in [4.78, 5) is 26.4. The topological polar surface area (TPSA) is 72.6 Å². The van der Waals surface area contributed by atoms with Gasteiger partial charge in [0.25, 0.3) is 0 Å². The number of fused-ring (bicyclic) bond motifs is 1. The first-order chi connectivity index (χ1) is 13.9. The van der Waals surface area contributed by atoms with Crippen LogP contribution in [0.15, 0.2) is 18.2 Å². The number of nitrogens with two attached hydrogens (primary N) is 1. The van der Waals surface area contributed by atoms with Crippen molar-refractivity contribution < 1.29 is 14.3 Å². The van der Waals surface area contributed by atoms with Crippen LogP contribution in [0.1, 0.15) is 74.2 Å². The first-order valence-electron chi connectivity index (χ1n) is 10.6. The van der Waals surface area contributed by atoms with Gasteiger partial charge in [0.15, 0.2) is 5.78 Å². The maximum atomic E-state index is 12.7. The molecule has 1 aliphatic heterocycles. The molecule has 5 nitrogen and oxygen atoms in total. The van der Waals surface area contributed by atoms with Crippen molar-refractivity contribution in [2.24, 2.45) is 0 Å². The Labute approximate surface area is 177 Å². The van der Waals surface area contributed by atoms with Gasteiger partial charge in [-0.2, -0.15) is 0 Å². The van der Waals surface area contributed by atoms with Crippen molar-refractivity contribution in [2.45, 2.75) is 64.3 Å². The van der Waals surface area contributed by atoms with E-state index >= 15 is 0 Å². The second kappa shape index (κ2) is 9.72. The molecule has 2 aromatic rings. The Kier molecular flexibility index (Phi) is 7.30. The molecule has 1 aromatic heterocycles. The molecule has 0 radical (unpaired) electrons. The minimum absolute atomic E-state index is 0.127. The summed E-state index contributed by atoms with van der Waals surface area (Å²) in [6.45, 7) is 6.69. The largest absolute Gasteiger partial charge is 0.469 e. The van der Waals surface area contributed by atoms with Crippen LogP contribution >= 0.6 is 11.3 Å². The number of benzene rings is 1. The van der Waals surface area contributed by atoms with Crippen LogP contribution in [0.3, 0.4) is 0 Å². The van der Waals surface area contributed by atoms with Gasteiger partial charge in [0.05, 0.1) is 12.1 Å². The third-order valence-corrected chi connectivity index (χ3v) is 7.02.